The second kappa shape index (κ2) is 9.36. The van der Waals surface area contributed by atoms with Crippen LogP contribution in [0.25, 0.3) is 0 Å². The molecule has 1 fully saturated rings. The molecule has 0 bridgehead atoms. The fraction of sp³-hybridized carbons (Fsp3) is 0.273. The monoisotopic (exact) mass is 521 g/mol. The zero-order valence-electron chi connectivity index (χ0n) is 19.5. The highest BCUT2D eigenvalue weighted by molar-refractivity contribution is 6.57. The maximum Gasteiger partial charge on any atom is 0.349 e. The van der Waals surface area contributed by atoms with Gasteiger partial charge in [-0.2, -0.15) is 8.78 Å². The molecule has 12 radical (unpaired) electrons. The van der Waals surface area contributed by atoms with Gasteiger partial charge in [0.25, 0.3) is 11.8 Å². The van der Waals surface area contributed by atoms with E-state index in [1.165, 1.54) is 30.3 Å². The van der Waals surface area contributed by atoms with Crippen LogP contribution in [0.4, 0.5) is 8.78 Å². The quantitative estimate of drug-likeness (QED) is 0.440. The van der Waals surface area contributed by atoms with Crippen LogP contribution in [0.5, 0.6) is 0 Å². The van der Waals surface area contributed by atoms with E-state index in [4.69, 9.17) is 58.8 Å². The summed E-state index contributed by atoms with van der Waals surface area (Å²) in [7, 11) is 35.1. The Bertz CT molecular complexity index is 1360. The molecule has 2 aromatic carbocycles. The summed E-state index contributed by atoms with van der Waals surface area (Å²) in [5, 5.41) is -2.43. The number of carbonyl (C=O) groups is 4. The number of hydrogen-bond acceptors (Lipinski definition) is 4. The van der Waals surface area contributed by atoms with E-state index in [0.29, 0.717) is 0 Å². The smallest absolute Gasteiger partial charge is 0.349 e. The maximum absolute atomic E-state index is 14.7. The predicted octanol–water partition coefficient (Wildman–Crippen LogP) is -0.118. The molecule has 4 rings (SSSR count). The first-order valence-corrected chi connectivity index (χ1v) is 11.3. The summed E-state index contributed by atoms with van der Waals surface area (Å²) in [5.41, 5.74) is -0.302. The van der Waals surface area contributed by atoms with Crippen molar-refractivity contribution in [1.82, 2.24) is 15.0 Å². The van der Waals surface area contributed by atoms with E-state index in [1.54, 1.807) is 0 Å². The third-order valence-electron chi connectivity index (χ3n) is 6.53. The van der Waals surface area contributed by atoms with E-state index >= 15 is 0 Å². The third kappa shape index (κ3) is 4.48. The van der Waals surface area contributed by atoms with Gasteiger partial charge in [-0.25, -0.2) is 0 Å². The van der Waals surface area contributed by atoms with Crippen molar-refractivity contribution in [3.05, 3.63) is 69.7 Å². The fourth-order valence-electron chi connectivity index (χ4n) is 4.29. The highest BCUT2D eigenvalue weighted by Crippen LogP contribution is 2.44. The average Bonchev–Trinajstić information content (AvgIpc) is 3.17. The molecule has 7 nitrogen and oxygen atoms in total. The van der Waals surface area contributed by atoms with Crippen molar-refractivity contribution in [3.63, 3.8) is 0 Å². The lowest BCUT2D eigenvalue weighted by molar-refractivity contribution is -0.148. The Morgan fingerprint density at radius 3 is 2.24 bits per heavy atom. The second-order valence-corrected chi connectivity index (χ2v) is 9.56. The number of benzene rings is 2. The molecule has 0 aromatic heterocycles. The minimum absolute atomic E-state index is 0.0342. The number of fused-ring (bicyclic) bond motifs is 1. The summed E-state index contributed by atoms with van der Waals surface area (Å²) < 4.78 is 29.5. The number of carbonyl (C=O) groups excluding carboxylic acids is 4. The molecule has 2 aliphatic heterocycles. The first-order chi connectivity index (χ1) is 17.5. The first kappa shape index (κ1) is 28.1. The normalized spacial score (nSPS) is 21.4. The minimum Gasteiger partial charge on any atom is -0.358 e. The van der Waals surface area contributed by atoms with Gasteiger partial charge in [0.1, 0.15) is 6.04 Å². The number of piperidine rings is 1. The van der Waals surface area contributed by atoms with E-state index in [1.807, 2.05) is 5.32 Å². The molecular weight excluding hydrogens is 509 g/mol. The zero-order chi connectivity index (χ0) is 28.4. The highest BCUT2D eigenvalue weighted by Gasteiger charge is 2.52. The standard InChI is InChI=1S/C22H12B6ClF2N3O4/c23-15-14(17(36)34(28)19(38)20(15,24)25)33-8-9-7-11(3-6-13(9)16(33)35)22(26,27)32-18(37)21(30,31)10-1-4-12(29)5-2-10/h1-7,14-15H,8H2,(H,32,37). The van der Waals surface area contributed by atoms with Crippen LogP contribution in [0, 0.1) is 0 Å². The summed E-state index contributed by atoms with van der Waals surface area (Å²) in [6.45, 7) is -0.241. The SMILES string of the molecule is [B]C1C(N2Cc3cc(C([B])([B])NC(=O)C(F)(F)c4ccc(Cl)cc4)ccc3C2=O)C(=O)N([B])C(=O)C1([B])[B]. The molecule has 4 amide bonds. The van der Waals surface area contributed by atoms with Crippen molar-refractivity contribution in [1.29, 1.82) is 0 Å². The van der Waals surface area contributed by atoms with Gasteiger partial charge in [0.15, 0.2) is 0 Å². The number of nitrogens with zero attached hydrogens (tertiary/aromatic N) is 2. The topological polar surface area (TPSA) is 86.8 Å². The lowest BCUT2D eigenvalue weighted by Crippen LogP contribution is -2.62. The lowest BCUT2D eigenvalue weighted by Gasteiger charge is -2.48. The van der Waals surface area contributed by atoms with Crippen molar-refractivity contribution in [2.24, 2.45) is 0 Å². The number of imide groups is 1. The molecule has 38 heavy (non-hydrogen) atoms. The van der Waals surface area contributed by atoms with Crippen molar-refractivity contribution in [3.8, 4) is 0 Å². The molecule has 2 aliphatic rings. The summed E-state index contributed by atoms with van der Waals surface area (Å²) in [6, 6.07) is 6.70. The van der Waals surface area contributed by atoms with Gasteiger partial charge in [0, 0.05) is 22.7 Å². The van der Waals surface area contributed by atoms with Crippen LogP contribution < -0.4 is 5.32 Å². The number of alkyl halides is 2. The van der Waals surface area contributed by atoms with Gasteiger partial charge >= 0.3 is 5.92 Å². The number of halogens is 3. The zero-order valence-corrected chi connectivity index (χ0v) is 20.3. The first-order valence-electron chi connectivity index (χ1n) is 10.9. The summed E-state index contributed by atoms with van der Waals surface area (Å²) in [6.07, 6.45) is 0. The van der Waals surface area contributed by atoms with Crippen LogP contribution in [0.3, 0.4) is 0 Å². The van der Waals surface area contributed by atoms with Gasteiger partial charge < -0.3 is 15.0 Å². The van der Waals surface area contributed by atoms with Crippen LogP contribution >= 0.6 is 11.6 Å². The molecule has 2 unspecified atom stereocenters. The van der Waals surface area contributed by atoms with Crippen molar-refractivity contribution >= 4 is 82.4 Å². The van der Waals surface area contributed by atoms with Gasteiger partial charge in [-0.1, -0.05) is 35.9 Å². The van der Waals surface area contributed by atoms with Gasteiger partial charge in [0.05, 0.1) is 39.2 Å². The Labute approximate surface area is 229 Å². The minimum atomic E-state index is -4.00. The molecule has 0 saturated carbocycles. The van der Waals surface area contributed by atoms with Crippen molar-refractivity contribution in [2.45, 2.75) is 34.9 Å². The van der Waals surface area contributed by atoms with Crippen molar-refractivity contribution < 1.29 is 28.0 Å². The Kier molecular flexibility index (Phi) is 6.92. The Morgan fingerprint density at radius 2 is 1.63 bits per heavy atom. The molecule has 2 heterocycles. The van der Waals surface area contributed by atoms with Crippen LogP contribution in [-0.4, -0.2) is 86.6 Å². The average molecular weight is 521 g/mol. The Morgan fingerprint density at radius 1 is 1.05 bits per heavy atom. The number of amides is 4. The Hall–Kier alpha value is -2.94. The van der Waals surface area contributed by atoms with Crippen LogP contribution in [0.2, 0.25) is 16.1 Å². The van der Waals surface area contributed by atoms with E-state index in [-0.39, 0.29) is 33.1 Å². The molecule has 0 aliphatic carbocycles. The van der Waals surface area contributed by atoms with Gasteiger partial charge in [-0.15, -0.1) is 0 Å². The van der Waals surface area contributed by atoms with Crippen LogP contribution in [-0.2, 0) is 32.2 Å². The van der Waals surface area contributed by atoms with E-state index in [9.17, 15) is 28.0 Å². The number of nitrogens with one attached hydrogen (secondary N) is 1. The van der Waals surface area contributed by atoms with E-state index in [2.05, 4.69) is 0 Å². The van der Waals surface area contributed by atoms with E-state index in [0.717, 1.165) is 17.0 Å². The molecule has 16 heteroatoms. The Balaban J connectivity index is 1.58. The van der Waals surface area contributed by atoms with Gasteiger partial charge in [-0.05, 0) is 45.7 Å². The maximum atomic E-state index is 14.7. The molecule has 0 spiro atoms. The van der Waals surface area contributed by atoms with Gasteiger partial charge in [0.2, 0.25) is 19.8 Å². The van der Waals surface area contributed by atoms with Gasteiger partial charge in [-0.3, -0.25) is 19.2 Å². The third-order valence-corrected chi connectivity index (χ3v) is 6.79. The van der Waals surface area contributed by atoms with Crippen LogP contribution in [0.1, 0.15) is 27.0 Å². The summed E-state index contributed by atoms with van der Waals surface area (Å²) in [5.74, 6) is -10.1. The summed E-state index contributed by atoms with van der Waals surface area (Å²) >= 11 is 5.71. The number of rotatable bonds is 5. The molecule has 2 aromatic rings. The summed E-state index contributed by atoms with van der Waals surface area (Å²) in [4.78, 5) is 51.6. The molecule has 1 saturated heterocycles. The molecular formula is C22H12B6ClF2N3O4. The fourth-order valence-corrected chi connectivity index (χ4v) is 4.42. The van der Waals surface area contributed by atoms with Crippen molar-refractivity contribution in [2.75, 3.05) is 0 Å². The second-order valence-electron chi connectivity index (χ2n) is 9.13. The molecule has 178 valence electrons. The van der Waals surface area contributed by atoms with E-state index < -0.39 is 57.5 Å². The molecule has 1 N–H and O–H groups in total. The predicted molar refractivity (Wildman–Crippen MR) is 138 cm³/mol. The highest BCUT2D eigenvalue weighted by atomic mass is 35.5. The largest absolute Gasteiger partial charge is 0.358 e. The number of hydrogen-bond donors (Lipinski definition) is 1. The molecule has 2 atom stereocenters. The lowest BCUT2D eigenvalue weighted by atomic mass is 9.40. The van der Waals surface area contributed by atoms with Crippen LogP contribution in [0.15, 0.2) is 42.5 Å².